The Morgan fingerprint density at radius 3 is 2.26 bits per heavy atom. The summed E-state index contributed by atoms with van der Waals surface area (Å²) < 4.78 is 23.9. The quantitative estimate of drug-likeness (QED) is 0.738. The Morgan fingerprint density at radius 2 is 1.74 bits per heavy atom. The van der Waals surface area contributed by atoms with Crippen LogP contribution in [0, 0.1) is 0 Å². The van der Waals surface area contributed by atoms with Crippen molar-refractivity contribution in [3.63, 3.8) is 0 Å². The number of methoxy groups -OCH3 is 2. The third-order valence-corrected chi connectivity index (χ3v) is 5.75. The first-order chi connectivity index (χ1) is 8.78. The highest BCUT2D eigenvalue weighted by Crippen LogP contribution is 2.45. The van der Waals surface area contributed by atoms with Crippen molar-refractivity contribution >= 4 is 22.6 Å². The SMILES string of the molecule is CO[C@@]1(C)O[C@@H]2[C@H](O)C(I)=C(C)C[C@H]2O[C@]1(C)OC. The number of hydrogen-bond acceptors (Lipinski definition) is 5. The van der Waals surface area contributed by atoms with Gasteiger partial charge in [-0.25, -0.2) is 0 Å². The second kappa shape index (κ2) is 5.23. The topological polar surface area (TPSA) is 57.2 Å². The minimum absolute atomic E-state index is 0.235. The molecule has 19 heavy (non-hydrogen) atoms. The van der Waals surface area contributed by atoms with E-state index in [0.717, 1.165) is 15.6 Å². The van der Waals surface area contributed by atoms with Crippen molar-refractivity contribution in [1.29, 1.82) is 0 Å². The monoisotopic (exact) mass is 384 g/mol. The molecule has 1 aliphatic carbocycles. The van der Waals surface area contributed by atoms with Crippen molar-refractivity contribution in [3.05, 3.63) is 9.15 Å². The summed E-state index contributed by atoms with van der Waals surface area (Å²) in [5.74, 6) is -2.07. The van der Waals surface area contributed by atoms with Gasteiger partial charge < -0.3 is 24.1 Å². The highest BCUT2D eigenvalue weighted by Gasteiger charge is 2.58. The Kier molecular flexibility index (Phi) is 4.31. The Hall–Kier alpha value is 0.270. The van der Waals surface area contributed by atoms with Gasteiger partial charge in [-0.2, -0.15) is 0 Å². The number of aliphatic hydroxyl groups is 1. The Morgan fingerprint density at radius 1 is 1.21 bits per heavy atom. The summed E-state index contributed by atoms with van der Waals surface area (Å²) in [6.45, 7) is 5.55. The molecule has 1 N–H and O–H groups in total. The van der Waals surface area contributed by atoms with E-state index in [1.165, 1.54) is 0 Å². The van der Waals surface area contributed by atoms with Gasteiger partial charge in [0.15, 0.2) is 0 Å². The fourth-order valence-electron chi connectivity index (χ4n) is 2.59. The molecule has 1 saturated heterocycles. The first-order valence-corrected chi connectivity index (χ1v) is 7.35. The predicted octanol–water partition coefficient (Wildman–Crippen LogP) is 1.97. The molecule has 0 spiro atoms. The smallest absolute Gasteiger partial charge is 0.220 e. The third kappa shape index (κ3) is 2.36. The van der Waals surface area contributed by atoms with Crippen molar-refractivity contribution in [2.45, 2.75) is 57.1 Å². The normalized spacial score (nSPS) is 47.2. The van der Waals surface area contributed by atoms with E-state index in [2.05, 4.69) is 22.6 Å². The third-order valence-electron chi connectivity index (χ3n) is 4.19. The number of rotatable bonds is 2. The van der Waals surface area contributed by atoms with Gasteiger partial charge in [0.1, 0.15) is 12.2 Å². The zero-order valence-electron chi connectivity index (χ0n) is 11.9. The molecule has 0 aromatic rings. The molecule has 0 aromatic heterocycles. The van der Waals surface area contributed by atoms with Gasteiger partial charge in [0.05, 0.1) is 6.10 Å². The predicted molar refractivity (Wildman–Crippen MR) is 77.9 cm³/mol. The lowest BCUT2D eigenvalue weighted by atomic mass is 9.90. The molecule has 0 radical (unpaired) electrons. The summed E-state index contributed by atoms with van der Waals surface area (Å²) in [5.41, 5.74) is 1.12. The van der Waals surface area contributed by atoms with Crippen molar-refractivity contribution in [2.75, 3.05) is 14.2 Å². The summed E-state index contributed by atoms with van der Waals surface area (Å²) in [4.78, 5) is 0. The lowest BCUT2D eigenvalue weighted by molar-refractivity contribution is -0.453. The fourth-order valence-corrected chi connectivity index (χ4v) is 3.17. The van der Waals surface area contributed by atoms with E-state index in [9.17, 15) is 5.11 Å². The molecule has 0 bridgehead atoms. The summed E-state index contributed by atoms with van der Waals surface area (Å²) in [7, 11) is 3.11. The van der Waals surface area contributed by atoms with Crippen LogP contribution in [-0.4, -0.2) is 49.2 Å². The van der Waals surface area contributed by atoms with Gasteiger partial charge in [-0.15, -0.1) is 0 Å². The van der Waals surface area contributed by atoms with Crippen LogP contribution in [-0.2, 0) is 18.9 Å². The van der Waals surface area contributed by atoms with E-state index < -0.39 is 23.8 Å². The molecule has 1 heterocycles. The molecule has 5 nitrogen and oxygen atoms in total. The van der Waals surface area contributed by atoms with E-state index in [1.807, 2.05) is 6.92 Å². The maximum absolute atomic E-state index is 10.3. The largest absolute Gasteiger partial charge is 0.385 e. The maximum atomic E-state index is 10.3. The lowest BCUT2D eigenvalue weighted by Crippen LogP contribution is -2.67. The van der Waals surface area contributed by atoms with Crippen LogP contribution in [0.25, 0.3) is 0 Å². The second-order valence-electron chi connectivity index (χ2n) is 5.32. The first kappa shape index (κ1) is 15.7. The molecule has 6 heteroatoms. The molecule has 110 valence electrons. The zero-order chi connectivity index (χ0) is 14.4. The van der Waals surface area contributed by atoms with Gasteiger partial charge in [-0.3, -0.25) is 0 Å². The number of aliphatic hydroxyl groups excluding tert-OH is 1. The molecule has 1 aliphatic heterocycles. The van der Waals surface area contributed by atoms with Crippen molar-refractivity contribution < 1.29 is 24.1 Å². The van der Waals surface area contributed by atoms with Gasteiger partial charge in [-0.1, -0.05) is 5.57 Å². The number of halogens is 1. The molecule has 0 aromatic carbocycles. The van der Waals surface area contributed by atoms with E-state index >= 15 is 0 Å². The molecule has 0 unspecified atom stereocenters. The standard InChI is InChI=1S/C13H21IO5/c1-7-6-8-11(10(15)9(7)14)19-13(3,17-5)12(2,16-4)18-8/h8,10-11,15H,6H2,1-5H3/t8-,10-,11+,12+,13+/m1/s1. The molecule has 2 rings (SSSR count). The Bertz CT molecular complexity index is 398. The van der Waals surface area contributed by atoms with Gasteiger partial charge in [-0.05, 0) is 49.8 Å². The average molecular weight is 384 g/mol. The van der Waals surface area contributed by atoms with Crippen molar-refractivity contribution in [1.82, 2.24) is 0 Å². The number of hydrogen-bond donors (Lipinski definition) is 1. The van der Waals surface area contributed by atoms with E-state index in [1.54, 1.807) is 28.1 Å². The highest BCUT2D eigenvalue weighted by molar-refractivity contribution is 14.1. The molecule has 1 fully saturated rings. The van der Waals surface area contributed by atoms with Crippen LogP contribution in [0.15, 0.2) is 9.15 Å². The van der Waals surface area contributed by atoms with E-state index in [4.69, 9.17) is 18.9 Å². The molecule has 5 atom stereocenters. The number of ether oxygens (including phenoxy) is 4. The molecule has 0 amide bonds. The van der Waals surface area contributed by atoms with Crippen molar-refractivity contribution in [2.24, 2.45) is 0 Å². The van der Waals surface area contributed by atoms with Gasteiger partial charge >= 0.3 is 0 Å². The highest BCUT2D eigenvalue weighted by atomic mass is 127. The Labute approximate surface area is 127 Å². The maximum Gasteiger partial charge on any atom is 0.220 e. The summed E-state index contributed by atoms with van der Waals surface area (Å²) in [6, 6.07) is 0. The van der Waals surface area contributed by atoms with Gasteiger partial charge in [0, 0.05) is 17.8 Å². The van der Waals surface area contributed by atoms with Crippen LogP contribution in [0.1, 0.15) is 27.2 Å². The minimum atomic E-state index is -1.06. The molecular formula is C13H21IO5. The summed E-state index contributed by atoms with van der Waals surface area (Å²) in [5, 5.41) is 10.3. The van der Waals surface area contributed by atoms with Gasteiger partial charge in [0.2, 0.25) is 11.6 Å². The van der Waals surface area contributed by atoms with Crippen LogP contribution in [0.5, 0.6) is 0 Å². The van der Waals surface area contributed by atoms with Crippen LogP contribution >= 0.6 is 22.6 Å². The Balaban J connectivity index is 2.35. The van der Waals surface area contributed by atoms with Crippen LogP contribution < -0.4 is 0 Å². The second-order valence-corrected chi connectivity index (χ2v) is 6.48. The van der Waals surface area contributed by atoms with E-state index in [-0.39, 0.29) is 6.10 Å². The molecular weight excluding hydrogens is 363 g/mol. The molecule has 0 saturated carbocycles. The number of fused-ring (bicyclic) bond motifs is 1. The average Bonchev–Trinajstić information content (AvgIpc) is 2.39. The fraction of sp³-hybridized carbons (Fsp3) is 0.846. The minimum Gasteiger partial charge on any atom is -0.385 e. The molecule has 2 aliphatic rings. The first-order valence-electron chi connectivity index (χ1n) is 6.27. The van der Waals surface area contributed by atoms with Crippen LogP contribution in [0.3, 0.4) is 0 Å². The van der Waals surface area contributed by atoms with Gasteiger partial charge in [0.25, 0.3) is 0 Å². The van der Waals surface area contributed by atoms with E-state index in [0.29, 0.717) is 0 Å². The lowest BCUT2D eigenvalue weighted by Gasteiger charge is -2.54. The zero-order valence-corrected chi connectivity index (χ0v) is 14.1. The van der Waals surface area contributed by atoms with Crippen LogP contribution in [0.2, 0.25) is 0 Å². The summed E-state index contributed by atoms with van der Waals surface area (Å²) >= 11 is 2.16. The van der Waals surface area contributed by atoms with Crippen molar-refractivity contribution in [3.8, 4) is 0 Å². The summed E-state index contributed by atoms with van der Waals surface area (Å²) in [6.07, 6.45) is -0.639. The van der Waals surface area contributed by atoms with Crippen LogP contribution in [0.4, 0.5) is 0 Å².